The zero-order valence-electron chi connectivity index (χ0n) is 18.9. The van der Waals surface area contributed by atoms with Crippen LogP contribution in [0.5, 0.6) is 0 Å². The van der Waals surface area contributed by atoms with Gasteiger partial charge in [-0.2, -0.15) is 0 Å². The average Bonchev–Trinajstić information content (AvgIpc) is 3.44. The maximum Gasteiger partial charge on any atom is 0.264 e. The summed E-state index contributed by atoms with van der Waals surface area (Å²) >= 11 is 1.66. The number of piperidine rings is 1. The van der Waals surface area contributed by atoms with Crippen molar-refractivity contribution in [3.05, 3.63) is 46.3 Å². The van der Waals surface area contributed by atoms with Gasteiger partial charge in [0.25, 0.3) is 5.91 Å². The number of likely N-dealkylation sites (tertiary alicyclic amines) is 2. The molecular formula is C25H36N4OS. The molecule has 0 radical (unpaired) electrons. The van der Waals surface area contributed by atoms with Gasteiger partial charge in [0.2, 0.25) is 0 Å². The van der Waals surface area contributed by atoms with Crippen LogP contribution in [0, 0.1) is 6.92 Å². The number of hydrogen-bond donors (Lipinski definition) is 2. The van der Waals surface area contributed by atoms with Gasteiger partial charge in [0.15, 0.2) is 0 Å². The molecule has 0 unspecified atom stereocenters. The minimum Gasteiger partial charge on any atom is -0.338 e. The average molecular weight is 441 g/mol. The lowest BCUT2D eigenvalue weighted by Gasteiger charge is -2.42. The van der Waals surface area contributed by atoms with Gasteiger partial charge in [-0.05, 0) is 81.4 Å². The smallest absolute Gasteiger partial charge is 0.264 e. The molecule has 31 heavy (non-hydrogen) atoms. The van der Waals surface area contributed by atoms with Gasteiger partial charge in [-0.15, -0.1) is 11.3 Å². The Balaban J connectivity index is 0.00000112. The number of carbonyl (C=O) groups is 1. The van der Waals surface area contributed by atoms with Gasteiger partial charge in [0.05, 0.1) is 4.88 Å². The first kappa shape index (κ1) is 22.5. The first-order valence-electron chi connectivity index (χ1n) is 11.7. The Morgan fingerprint density at radius 2 is 1.68 bits per heavy atom. The van der Waals surface area contributed by atoms with Gasteiger partial charge in [-0.3, -0.25) is 9.69 Å². The monoisotopic (exact) mass is 440 g/mol. The molecule has 3 N–H and O–H groups in total. The quantitative estimate of drug-likeness (QED) is 0.761. The van der Waals surface area contributed by atoms with Gasteiger partial charge in [0, 0.05) is 37.1 Å². The molecule has 0 aliphatic carbocycles. The Morgan fingerprint density at radius 1 is 1.03 bits per heavy atom. The standard InChI is InChI=1S/C24H31N3OS.CH5N/c1-17-14-22(29-23(17)24(28)27-10-2-3-11-27)20-6-4-18(5-7-20)19-8-12-26(13-9-19)21-15-25-16-21;1-2/h4-7,14,19,21,25H,2-3,8-13,15-16H2,1H3;2H2,1H3. The van der Waals surface area contributed by atoms with Crippen molar-refractivity contribution in [3.8, 4) is 10.4 Å². The molecule has 168 valence electrons. The summed E-state index contributed by atoms with van der Waals surface area (Å²) in [5.74, 6) is 0.909. The molecule has 3 saturated heterocycles. The third-order valence-corrected chi connectivity index (χ3v) is 8.25. The number of nitrogens with two attached hydrogens (primary N) is 1. The molecule has 3 fully saturated rings. The van der Waals surface area contributed by atoms with Crippen molar-refractivity contribution >= 4 is 17.2 Å². The maximum absolute atomic E-state index is 12.8. The van der Waals surface area contributed by atoms with E-state index in [-0.39, 0.29) is 5.91 Å². The van der Waals surface area contributed by atoms with Crippen LogP contribution in [-0.2, 0) is 0 Å². The minimum absolute atomic E-state index is 0.223. The molecule has 1 aromatic heterocycles. The van der Waals surface area contributed by atoms with Crippen LogP contribution in [0.4, 0.5) is 0 Å². The normalized spacial score (nSPS) is 20.3. The molecule has 1 amide bonds. The highest BCUT2D eigenvalue weighted by atomic mass is 32.1. The van der Waals surface area contributed by atoms with E-state index in [4.69, 9.17) is 0 Å². The Labute approximate surface area is 190 Å². The Kier molecular flexibility index (Phi) is 7.43. The van der Waals surface area contributed by atoms with Crippen molar-refractivity contribution in [2.75, 3.05) is 46.3 Å². The molecule has 0 atom stereocenters. The predicted molar refractivity (Wildman–Crippen MR) is 130 cm³/mol. The fourth-order valence-electron chi connectivity index (χ4n) is 4.95. The lowest BCUT2D eigenvalue weighted by Crippen LogP contribution is -2.58. The van der Waals surface area contributed by atoms with Crippen LogP contribution >= 0.6 is 11.3 Å². The first-order valence-corrected chi connectivity index (χ1v) is 12.5. The third-order valence-electron chi connectivity index (χ3n) is 6.98. The van der Waals surface area contributed by atoms with Gasteiger partial charge >= 0.3 is 0 Å². The van der Waals surface area contributed by atoms with E-state index in [1.807, 2.05) is 4.90 Å². The molecule has 3 aliphatic heterocycles. The second-order valence-corrected chi connectivity index (χ2v) is 9.92. The number of amides is 1. The first-order chi connectivity index (χ1) is 15.2. The maximum atomic E-state index is 12.8. The van der Waals surface area contributed by atoms with E-state index < -0.39 is 0 Å². The molecule has 5 rings (SSSR count). The molecular weight excluding hydrogens is 404 g/mol. The molecule has 0 saturated carbocycles. The van der Waals surface area contributed by atoms with Crippen LogP contribution in [0.15, 0.2) is 30.3 Å². The Morgan fingerprint density at radius 3 is 2.26 bits per heavy atom. The highest BCUT2D eigenvalue weighted by Gasteiger charge is 2.29. The van der Waals surface area contributed by atoms with Gasteiger partial charge in [-0.1, -0.05) is 24.3 Å². The summed E-state index contributed by atoms with van der Waals surface area (Å²) in [6.45, 7) is 8.69. The van der Waals surface area contributed by atoms with Crippen LogP contribution < -0.4 is 11.1 Å². The lowest BCUT2D eigenvalue weighted by molar-refractivity contribution is 0.0797. The lowest BCUT2D eigenvalue weighted by atomic mass is 9.88. The van der Waals surface area contributed by atoms with E-state index in [1.54, 1.807) is 11.3 Å². The summed E-state index contributed by atoms with van der Waals surface area (Å²) < 4.78 is 0. The molecule has 4 heterocycles. The highest BCUT2D eigenvalue weighted by molar-refractivity contribution is 7.17. The SMILES string of the molecule is CN.Cc1cc(-c2ccc(C3CCN(C4CNC4)CC3)cc2)sc1C(=O)N1CCCC1. The number of rotatable bonds is 4. The number of benzene rings is 1. The van der Waals surface area contributed by atoms with E-state index >= 15 is 0 Å². The predicted octanol–water partition coefficient (Wildman–Crippen LogP) is 3.69. The third kappa shape index (κ3) is 4.87. The van der Waals surface area contributed by atoms with Crippen molar-refractivity contribution in [2.24, 2.45) is 5.73 Å². The fraction of sp³-hybridized carbons (Fsp3) is 0.560. The number of carbonyl (C=O) groups excluding carboxylic acids is 1. The van der Waals surface area contributed by atoms with Gasteiger partial charge in [-0.25, -0.2) is 0 Å². The van der Waals surface area contributed by atoms with Gasteiger partial charge in [0.1, 0.15) is 0 Å². The zero-order valence-corrected chi connectivity index (χ0v) is 19.7. The van der Waals surface area contributed by atoms with Crippen LogP contribution in [0.1, 0.15) is 52.4 Å². The summed E-state index contributed by atoms with van der Waals surface area (Å²) in [7, 11) is 1.50. The van der Waals surface area contributed by atoms with E-state index in [2.05, 4.69) is 53.2 Å². The van der Waals surface area contributed by atoms with E-state index in [0.717, 1.165) is 42.4 Å². The van der Waals surface area contributed by atoms with Crippen LogP contribution in [0.2, 0.25) is 0 Å². The number of aryl methyl sites for hydroxylation is 1. The van der Waals surface area contributed by atoms with E-state index in [1.165, 1.54) is 62.1 Å². The van der Waals surface area contributed by atoms with E-state index in [9.17, 15) is 4.79 Å². The molecule has 2 aromatic rings. The summed E-state index contributed by atoms with van der Waals surface area (Å²) in [5, 5.41) is 3.39. The Bertz CT molecular complexity index is 860. The molecule has 1 aromatic carbocycles. The molecule has 6 heteroatoms. The summed E-state index contributed by atoms with van der Waals surface area (Å²) in [4.78, 5) is 19.6. The van der Waals surface area contributed by atoms with Crippen LogP contribution in [-0.4, -0.2) is 68.1 Å². The van der Waals surface area contributed by atoms with Crippen molar-refractivity contribution in [1.29, 1.82) is 0 Å². The second-order valence-electron chi connectivity index (χ2n) is 8.87. The summed E-state index contributed by atoms with van der Waals surface area (Å²) in [6, 6.07) is 12.1. The number of thiophene rings is 1. The zero-order chi connectivity index (χ0) is 21.8. The number of nitrogens with zero attached hydrogens (tertiary/aromatic N) is 2. The second kappa shape index (κ2) is 10.3. The Hall–Kier alpha value is -1.73. The van der Waals surface area contributed by atoms with Crippen molar-refractivity contribution in [2.45, 2.75) is 44.6 Å². The number of nitrogens with one attached hydrogen (secondary N) is 1. The topological polar surface area (TPSA) is 61.6 Å². The van der Waals surface area contributed by atoms with Crippen LogP contribution in [0.25, 0.3) is 10.4 Å². The molecule has 0 bridgehead atoms. The van der Waals surface area contributed by atoms with E-state index in [0.29, 0.717) is 5.92 Å². The minimum atomic E-state index is 0.223. The van der Waals surface area contributed by atoms with Crippen molar-refractivity contribution < 1.29 is 4.79 Å². The highest BCUT2D eigenvalue weighted by Crippen LogP contribution is 2.35. The van der Waals surface area contributed by atoms with Gasteiger partial charge < -0.3 is 16.0 Å². The molecule has 3 aliphatic rings. The molecule has 5 nitrogen and oxygen atoms in total. The van der Waals surface area contributed by atoms with Crippen molar-refractivity contribution in [3.63, 3.8) is 0 Å². The number of hydrogen-bond acceptors (Lipinski definition) is 5. The van der Waals surface area contributed by atoms with Crippen LogP contribution in [0.3, 0.4) is 0 Å². The van der Waals surface area contributed by atoms with Crippen molar-refractivity contribution in [1.82, 2.24) is 15.1 Å². The summed E-state index contributed by atoms with van der Waals surface area (Å²) in [5.41, 5.74) is 8.32. The molecule has 0 spiro atoms. The summed E-state index contributed by atoms with van der Waals surface area (Å²) in [6.07, 6.45) is 4.81. The fourth-order valence-corrected chi connectivity index (χ4v) is 6.10. The largest absolute Gasteiger partial charge is 0.338 e.